The number of hydrogen-bond donors (Lipinski definition) is 2. The van der Waals surface area contributed by atoms with Crippen LogP contribution in [0.4, 0.5) is 4.79 Å². The molecule has 5 rings (SSSR count). The highest BCUT2D eigenvalue weighted by Crippen LogP contribution is 2.47. The first-order valence-electron chi connectivity index (χ1n) is 12.6. The fourth-order valence-electron chi connectivity index (χ4n) is 6.32. The first-order valence-corrected chi connectivity index (χ1v) is 12.6. The maximum atomic E-state index is 13.3. The summed E-state index contributed by atoms with van der Waals surface area (Å²) in [6.07, 6.45) is 3.08. The van der Waals surface area contributed by atoms with Crippen molar-refractivity contribution < 1.29 is 24.2 Å². The summed E-state index contributed by atoms with van der Waals surface area (Å²) in [5, 5.41) is 12.7. The summed E-state index contributed by atoms with van der Waals surface area (Å²) < 4.78 is 5.62. The molecule has 0 bridgehead atoms. The molecular weight excluding hydrogens is 444 g/mol. The molecule has 0 radical (unpaired) electrons. The zero-order chi connectivity index (χ0) is 24.6. The van der Waals surface area contributed by atoms with Crippen LogP contribution in [-0.2, 0) is 14.3 Å². The van der Waals surface area contributed by atoms with Gasteiger partial charge in [0, 0.05) is 19.0 Å². The number of nitrogens with zero attached hydrogens (tertiary/aromatic N) is 1. The van der Waals surface area contributed by atoms with Crippen LogP contribution in [0.1, 0.15) is 56.1 Å². The van der Waals surface area contributed by atoms with E-state index in [-0.39, 0.29) is 30.9 Å². The van der Waals surface area contributed by atoms with Gasteiger partial charge in [-0.15, -0.1) is 0 Å². The molecule has 1 saturated carbocycles. The van der Waals surface area contributed by atoms with E-state index in [0.717, 1.165) is 41.5 Å². The van der Waals surface area contributed by atoms with E-state index in [1.165, 1.54) is 0 Å². The summed E-state index contributed by atoms with van der Waals surface area (Å²) in [6.45, 7) is 2.67. The Hall–Kier alpha value is -3.35. The minimum Gasteiger partial charge on any atom is -0.481 e. The first-order chi connectivity index (χ1) is 16.9. The lowest BCUT2D eigenvalue weighted by Gasteiger charge is -2.34. The molecule has 1 aliphatic heterocycles. The maximum absolute atomic E-state index is 13.3. The van der Waals surface area contributed by atoms with E-state index in [4.69, 9.17) is 4.74 Å². The molecule has 184 valence electrons. The lowest BCUT2D eigenvalue weighted by molar-refractivity contribution is -0.152. The molecule has 2 amide bonds. The second-order valence-electron chi connectivity index (χ2n) is 10.1. The van der Waals surface area contributed by atoms with Crippen LogP contribution in [0.25, 0.3) is 11.1 Å². The minimum atomic E-state index is -0.851. The smallest absolute Gasteiger partial charge is 0.407 e. The van der Waals surface area contributed by atoms with Crippen LogP contribution in [0.15, 0.2) is 48.5 Å². The number of carboxylic acids is 1. The highest BCUT2D eigenvalue weighted by Gasteiger charge is 2.54. The average Bonchev–Trinajstić information content (AvgIpc) is 3.43. The largest absolute Gasteiger partial charge is 0.481 e. The van der Waals surface area contributed by atoms with Crippen molar-refractivity contribution in [3.05, 3.63) is 59.7 Å². The van der Waals surface area contributed by atoms with Crippen molar-refractivity contribution in [1.82, 2.24) is 10.2 Å². The van der Waals surface area contributed by atoms with Crippen LogP contribution < -0.4 is 5.32 Å². The minimum absolute atomic E-state index is 0.0235. The molecule has 3 atom stereocenters. The number of amides is 2. The number of fused-ring (bicyclic) bond motifs is 4. The summed E-state index contributed by atoms with van der Waals surface area (Å²) in [7, 11) is 0. The summed E-state index contributed by atoms with van der Waals surface area (Å²) >= 11 is 0. The average molecular weight is 477 g/mol. The highest BCUT2D eigenvalue weighted by molar-refractivity contribution is 5.87. The topological polar surface area (TPSA) is 95.9 Å². The molecule has 1 saturated heterocycles. The molecule has 35 heavy (non-hydrogen) atoms. The predicted octanol–water partition coefficient (Wildman–Crippen LogP) is 4.41. The Labute approximate surface area is 205 Å². The van der Waals surface area contributed by atoms with Gasteiger partial charge in [0.1, 0.15) is 12.6 Å². The van der Waals surface area contributed by atoms with E-state index in [2.05, 4.69) is 29.6 Å². The van der Waals surface area contributed by atoms with Crippen LogP contribution in [0.2, 0.25) is 0 Å². The number of likely N-dealkylation sites (tertiary alicyclic amines) is 1. The monoisotopic (exact) mass is 476 g/mol. The zero-order valence-electron chi connectivity index (χ0n) is 20.0. The van der Waals surface area contributed by atoms with Crippen LogP contribution in [0.3, 0.4) is 0 Å². The predicted molar refractivity (Wildman–Crippen MR) is 131 cm³/mol. The van der Waals surface area contributed by atoms with Gasteiger partial charge in [-0.25, -0.2) is 4.79 Å². The number of alkyl carbamates (subject to hydrolysis) is 1. The Morgan fingerprint density at radius 3 is 2.34 bits per heavy atom. The molecule has 2 aromatic rings. The zero-order valence-corrected chi connectivity index (χ0v) is 20.0. The molecule has 3 unspecified atom stereocenters. The maximum Gasteiger partial charge on any atom is 0.407 e. The summed E-state index contributed by atoms with van der Waals surface area (Å²) in [5.74, 6) is -1.11. The second kappa shape index (κ2) is 9.36. The van der Waals surface area contributed by atoms with E-state index in [1.54, 1.807) is 4.90 Å². The van der Waals surface area contributed by atoms with Crippen molar-refractivity contribution in [3.8, 4) is 11.1 Å². The lowest BCUT2D eigenvalue weighted by atomic mass is 9.68. The number of hydrogen-bond acceptors (Lipinski definition) is 4. The normalized spacial score (nSPS) is 23.7. The van der Waals surface area contributed by atoms with E-state index in [1.807, 2.05) is 31.2 Å². The van der Waals surface area contributed by atoms with Crippen molar-refractivity contribution in [2.45, 2.75) is 51.0 Å². The third-order valence-electron chi connectivity index (χ3n) is 8.20. The number of benzene rings is 2. The van der Waals surface area contributed by atoms with Gasteiger partial charge >= 0.3 is 12.1 Å². The Morgan fingerprint density at radius 2 is 1.74 bits per heavy atom. The van der Waals surface area contributed by atoms with Crippen molar-refractivity contribution >= 4 is 18.0 Å². The standard InChI is InChI=1S/C28H32N2O5/c1-2-24(25(31)30-15-18-9-7-8-14-28(18,17-30)26(32)33)29-27(34)35-16-23-21-12-5-3-10-19(21)20-11-4-6-13-22(20)23/h3-6,10-13,18,23-24H,2,7-9,14-17H2,1H3,(H,29,34)(H,32,33). The van der Waals surface area contributed by atoms with Crippen molar-refractivity contribution in [3.63, 3.8) is 0 Å². The first kappa shape index (κ1) is 23.4. The van der Waals surface area contributed by atoms with E-state index in [9.17, 15) is 19.5 Å². The van der Waals surface area contributed by atoms with Crippen LogP contribution in [-0.4, -0.2) is 53.7 Å². The van der Waals surface area contributed by atoms with Gasteiger partial charge < -0.3 is 20.1 Å². The molecule has 7 nitrogen and oxygen atoms in total. The molecular formula is C28H32N2O5. The Morgan fingerprint density at radius 1 is 1.09 bits per heavy atom. The number of carbonyl (C=O) groups is 3. The number of carbonyl (C=O) groups excluding carboxylic acids is 2. The second-order valence-corrected chi connectivity index (χ2v) is 10.1. The van der Waals surface area contributed by atoms with Crippen molar-refractivity contribution in [2.24, 2.45) is 11.3 Å². The third-order valence-corrected chi connectivity index (χ3v) is 8.20. The Bertz CT molecular complexity index is 1100. The van der Waals surface area contributed by atoms with Gasteiger partial charge in [-0.2, -0.15) is 0 Å². The number of nitrogens with one attached hydrogen (secondary N) is 1. The molecule has 2 aliphatic carbocycles. The van der Waals surface area contributed by atoms with E-state index in [0.29, 0.717) is 19.4 Å². The quantitative estimate of drug-likeness (QED) is 0.644. The van der Waals surface area contributed by atoms with Crippen LogP contribution in [0, 0.1) is 11.3 Å². The highest BCUT2D eigenvalue weighted by atomic mass is 16.5. The lowest BCUT2D eigenvalue weighted by Crippen LogP contribution is -2.49. The van der Waals surface area contributed by atoms with E-state index >= 15 is 0 Å². The van der Waals surface area contributed by atoms with Gasteiger partial charge in [0.25, 0.3) is 0 Å². The van der Waals surface area contributed by atoms with Gasteiger partial charge in [-0.1, -0.05) is 68.3 Å². The van der Waals surface area contributed by atoms with Crippen molar-refractivity contribution in [2.75, 3.05) is 19.7 Å². The fraction of sp³-hybridized carbons (Fsp3) is 0.464. The Kier molecular flexibility index (Phi) is 6.26. The third kappa shape index (κ3) is 4.07. The van der Waals surface area contributed by atoms with Crippen LogP contribution in [0.5, 0.6) is 0 Å². The molecule has 0 spiro atoms. The fourth-order valence-corrected chi connectivity index (χ4v) is 6.32. The number of aliphatic carboxylic acids is 1. The van der Waals surface area contributed by atoms with E-state index < -0.39 is 23.5 Å². The number of carboxylic acid groups (broad SMARTS) is 1. The van der Waals surface area contributed by atoms with Crippen LogP contribution >= 0.6 is 0 Å². The SMILES string of the molecule is CCC(NC(=O)OCC1c2ccccc2-c2ccccc21)C(=O)N1CC2CCCCC2(C(=O)O)C1. The van der Waals surface area contributed by atoms with Crippen molar-refractivity contribution in [1.29, 1.82) is 0 Å². The molecule has 1 heterocycles. The summed E-state index contributed by atoms with van der Waals surface area (Å²) in [5.41, 5.74) is 3.71. The summed E-state index contributed by atoms with van der Waals surface area (Å²) in [4.78, 5) is 39.7. The van der Waals surface area contributed by atoms with Gasteiger partial charge in [0.2, 0.25) is 5.91 Å². The Balaban J connectivity index is 1.23. The number of ether oxygens (including phenoxy) is 1. The molecule has 2 aromatic carbocycles. The molecule has 7 heteroatoms. The summed E-state index contributed by atoms with van der Waals surface area (Å²) in [6, 6.07) is 15.5. The molecule has 2 N–H and O–H groups in total. The molecule has 2 fully saturated rings. The molecule has 3 aliphatic rings. The van der Waals surface area contributed by atoms with Gasteiger partial charge in [-0.3, -0.25) is 9.59 Å². The molecule has 0 aromatic heterocycles. The van der Waals surface area contributed by atoms with Gasteiger partial charge in [0.15, 0.2) is 0 Å². The number of rotatable bonds is 6. The van der Waals surface area contributed by atoms with Gasteiger partial charge in [0.05, 0.1) is 5.41 Å². The van der Waals surface area contributed by atoms with Gasteiger partial charge in [-0.05, 0) is 47.4 Å².